The average molecular weight is 339 g/mol. The van der Waals surface area contributed by atoms with Crippen molar-refractivity contribution in [1.82, 2.24) is 25.2 Å². The lowest BCUT2D eigenvalue weighted by Crippen LogP contribution is -2.40. The maximum Gasteiger partial charge on any atom is 0.251 e. The molecule has 6 nitrogen and oxygen atoms in total. The van der Waals surface area contributed by atoms with Gasteiger partial charge in [-0.3, -0.25) is 14.7 Å². The lowest BCUT2D eigenvalue weighted by molar-refractivity contribution is 0.0930. The van der Waals surface area contributed by atoms with Crippen LogP contribution in [0.5, 0.6) is 0 Å². The van der Waals surface area contributed by atoms with Crippen molar-refractivity contribution in [3.63, 3.8) is 0 Å². The number of hydrogen-bond donors (Lipinski definition) is 1. The zero-order chi connectivity index (χ0) is 17.5. The Morgan fingerprint density at radius 3 is 2.92 bits per heavy atom. The molecule has 6 heteroatoms. The van der Waals surface area contributed by atoms with Crippen molar-refractivity contribution in [2.75, 3.05) is 19.6 Å². The lowest BCUT2D eigenvalue weighted by atomic mass is 9.97. The van der Waals surface area contributed by atoms with E-state index in [9.17, 15) is 4.79 Å². The van der Waals surface area contributed by atoms with E-state index in [0.717, 1.165) is 50.4 Å². The van der Waals surface area contributed by atoms with Gasteiger partial charge in [0, 0.05) is 50.2 Å². The second-order valence-electron chi connectivity index (χ2n) is 6.51. The van der Waals surface area contributed by atoms with E-state index in [0.29, 0.717) is 18.0 Å². The van der Waals surface area contributed by atoms with Crippen LogP contribution in [0.2, 0.25) is 0 Å². The Labute approximate surface area is 148 Å². The fourth-order valence-electron chi connectivity index (χ4n) is 3.23. The number of pyridine rings is 1. The molecule has 0 saturated carbocycles. The van der Waals surface area contributed by atoms with E-state index in [1.54, 1.807) is 24.5 Å². The van der Waals surface area contributed by atoms with Crippen molar-refractivity contribution in [2.24, 2.45) is 5.92 Å². The maximum absolute atomic E-state index is 12.2. The first-order valence-corrected chi connectivity index (χ1v) is 8.96. The van der Waals surface area contributed by atoms with Crippen molar-refractivity contribution in [2.45, 2.75) is 32.7 Å². The number of carbonyl (C=O) groups excluding carboxylic acids is 1. The van der Waals surface area contributed by atoms with Gasteiger partial charge in [-0.25, -0.2) is 9.97 Å². The molecule has 3 rings (SSSR count). The molecule has 0 aromatic carbocycles. The number of amides is 1. The predicted molar refractivity (Wildman–Crippen MR) is 96.0 cm³/mol. The minimum absolute atomic E-state index is 0.0251. The summed E-state index contributed by atoms with van der Waals surface area (Å²) in [7, 11) is 0. The molecule has 0 aliphatic carbocycles. The van der Waals surface area contributed by atoms with Gasteiger partial charge in [-0.05, 0) is 43.5 Å². The minimum Gasteiger partial charge on any atom is -0.352 e. The smallest absolute Gasteiger partial charge is 0.251 e. The first kappa shape index (κ1) is 17.5. The topological polar surface area (TPSA) is 71.0 Å². The third kappa shape index (κ3) is 5.06. The number of aryl methyl sites for hydroxylation is 1. The standard InChI is InChI=1S/C19H25N5O/c1-2-18-21-10-7-17(23-18)14-24-11-3-4-15(13-24)12-22-19(25)16-5-8-20-9-6-16/h5-10,15H,2-4,11-14H2,1H3,(H,22,25)/t15-/m0/s1. The molecule has 2 aromatic rings. The molecular weight excluding hydrogens is 314 g/mol. The Morgan fingerprint density at radius 1 is 1.28 bits per heavy atom. The zero-order valence-corrected chi connectivity index (χ0v) is 14.7. The number of piperidine rings is 1. The van der Waals surface area contributed by atoms with E-state index in [1.807, 2.05) is 12.3 Å². The van der Waals surface area contributed by atoms with E-state index < -0.39 is 0 Å². The van der Waals surface area contributed by atoms with Crippen molar-refractivity contribution in [3.05, 3.63) is 53.9 Å². The van der Waals surface area contributed by atoms with Crippen LogP contribution in [-0.2, 0) is 13.0 Å². The second kappa shape index (κ2) is 8.67. The normalized spacial score (nSPS) is 18.0. The third-order valence-corrected chi connectivity index (χ3v) is 4.56. The second-order valence-corrected chi connectivity index (χ2v) is 6.51. The van der Waals surface area contributed by atoms with Crippen LogP contribution in [-0.4, -0.2) is 45.4 Å². The highest BCUT2D eigenvalue weighted by Crippen LogP contribution is 2.17. The quantitative estimate of drug-likeness (QED) is 0.872. The van der Waals surface area contributed by atoms with Crippen LogP contribution in [0.4, 0.5) is 0 Å². The van der Waals surface area contributed by atoms with Crippen molar-refractivity contribution >= 4 is 5.91 Å². The number of hydrogen-bond acceptors (Lipinski definition) is 5. The number of likely N-dealkylation sites (tertiary alicyclic amines) is 1. The van der Waals surface area contributed by atoms with Gasteiger partial charge >= 0.3 is 0 Å². The molecule has 1 N–H and O–H groups in total. The van der Waals surface area contributed by atoms with Crippen LogP contribution in [0.15, 0.2) is 36.8 Å². The molecule has 0 spiro atoms. The number of carbonyl (C=O) groups is 1. The number of rotatable bonds is 6. The molecule has 25 heavy (non-hydrogen) atoms. The third-order valence-electron chi connectivity index (χ3n) is 4.56. The summed E-state index contributed by atoms with van der Waals surface area (Å²) < 4.78 is 0. The fraction of sp³-hybridized carbons (Fsp3) is 0.474. The highest BCUT2D eigenvalue weighted by molar-refractivity contribution is 5.93. The summed E-state index contributed by atoms with van der Waals surface area (Å²) in [5.74, 6) is 1.35. The average Bonchev–Trinajstić information content (AvgIpc) is 2.67. The summed E-state index contributed by atoms with van der Waals surface area (Å²) >= 11 is 0. The summed E-state index contributed by atoms with van der Waals surface area (Å²) in [6.07, 6.45) is 8.29. The van der Waals surface area contributed by atoms with Gasteiger partial charge < -0.3 is 5.32 Å². The number of nitrogens with zero attached hydrogens (tertiary/aromatic N) is 4. The SMILES string of the molecule is CCc1nccc(CN2CCC[C@@H](CNC(=O)c3ccncc3)C2)n1. The van der Waals surface area contributed by atoms with Gasteiger partial charge in [0.1, 0.15) is 5.82 Å². The maximum atomic E-state index is 12.2. The number of nitrogens with one attached hydrogen (secondary N) is 1. The lowest BCUT2D eigenvalue weighted by Gasteiger charge is -2.32. The zero-order valence-electron chi connectivity index (χ0n) is 14.7. The van der Waals surface area contributed by atoms with Gasteiger partial charge in [0.05, 0.1) is 5.69 Å². The molecule has 1 fully saturated rings. The van der Waals surface area contributed by atoms with Crippen LogP contribution >= 0.6 is 0 Å². The van der Waals surface area contributed by atoms with Crippen LogP contribution in [0.3, 0.4) is 0 Å². The van der Waals surface area contributed by atoms with Crippen LogP contribution in [0.1, 0.15) is 41.6 Å². The summed E-state index contributed by atoms with van der Waals surface area (Å²) in [5, 5.41) is 3.05. The Hall–Kier alpha value is -2.34. The molecule has 0 unspecified atom stereocenters. The Kier molecular flexibility index (Phi) is 6.06. The Bertz CT molecular complexity index is 691. The van der Waals surface area contributed by atoms with Crippen LogP contribution in [0.25, 0.3) is 0 Å². The van der Waals surface area contributed by atoms with E-state index >= 15 is 0 Å². The highest BCUT2D eigenvalue weighted by atomic mass is 16.1. The molecule has 0 bridgehead atoms. The van der Waals surface area contributed by atoms with Crippen LogP contribution < -0.4 is 5.32 Å². The molecule has 3 heterocycles. The van der Waals surface area contributed by atoms with Crippen molar-refractivity contribution < 1.29 is 4.79 Å². The van der Waals surface area contributed by atoms with Crippen LogP contribution in [0, 0.1) is 5.92 Å². The van der Waals surface area contributed by atoms with Gasteiger partial charge in [0.25, 0.3) is 5.91 Å². The molecule has 1 aliphatic rings. The van der Waals surface area contributed by atoms with Crippen molar-refractivity contribution in [1.29, 1.82) is 0 Å². The van der Waals surface area contributed by atoms with Gasteiger partial charge in [0.15, 0.2) is 0 Å². The highest BCUT2D eigenvalue weighted by Gasteiger charge is 2.21. The summed E-state index contributed by atoms with van der Waals surface area (Å²) in [6.45, 7) is 5.70. The van der Waals surface area contributed by atoms with Gasteiger partial charge in [-0.15, -0.1) is 0 Å². The molecule has 1 aliphatic heterocycles. The first-order valence-electron chi connectivity index (χ1n) is 8.96. The van der Waals surface area contributed by atoms with Gasteiger partial charge in [-0.2, -0.15) is 0 Å². The van der Waals surface area contributed by atoms with Gasteiger partial charge in [0.2, 0.25) is 0 Å². The monoisotopic (exact) mass is 339 g/mol. The summed E-state index contributed by atoms with van der Waals surface area (Å²) in [5.41, 5.74) is 1.74. The molecule has 1 saturated heterocycles. The predicted octanol–water partition coefficient (Wildman–Crippen LogP) is 2.08. The Morgan fingerprint density at radius 2 is 2.12 bits per heavy atom. The van der Waals surface area contributed by atoms with E-state index in [1.165, 1.54) is 0 Å². The van der Waals surface area contributed by atoms with E-state index in [4.69, 9.17) is 0 Å². The molecule has 0 radical (unpaired) electrons. The van der Waals surface area contributed by atoms with E-state index in [-0.39, 0.29) is 5.91 Å². The largest absolute Gasteiger partial charge is 0.352 e. The fourth-order valence-corrected chi connectivity index (χ4v) is 3.23. The van der Waals surface area contributed by atoms with Gasteiger partial charge in [-0.1, -0.05) is 6.92 Å². The van der Waals surface area contributed by atoms with Crippen molar-refractivity contribution in [3.8, 4) is 0 Å². The molecule has 2 aromatic heterocycles. The summed E-state index contributed by atoms with van der Waals surface area (Å²) in [6, 6.07) is 5.47. The van der Waals surface area contributed by atoms with E-state index in [2.05, 4.69) is 32.1 Å². The molecular formula is C19H25N5O. The number of aromatic nitrogens is 3. The Balaban J connectivity index is 1.50. The molecule has 1 atom stereocenters. The minimum atomic E-state index is -0.0251. The molecule has 132 valence electrons. The molecule has 1 amide bonds. The first-order chi connectivity index (χ1) is 12.2. The summed E-state index contributed by atoms with van der Waals surface area (Å²) in [4.78, 5) is 27.4.